The minimum absolute atomic E-state index is 0.0828. The number of anilines is 1. The zero-order chi connectivity index (χ0) is 21.3. The summed E-state index contributed by atoms with van der Waals surface area (Å²) in [6.45, 7) is 1.94. The fourth-order valence-corrected chi connectivity index (χ4v) is 2.77. The van der Waals surface area contributed by atoms with Crippen LogP contribution >= 0.6 is 0 Å². The molecule has 7 heteroatoms. The first-order valence-corrected chi connectivity index (χ1v) is 9.51. The van der Waals surface area contributed by atoms with Crippen molar-refractivity contribution in [1.82, 2.24) is 10.3 Å². The number of nitrogens with one attached hydrogen (secondary N) is 2. The molecule has 3 aromatic rings. The highest BCUT2D eigenvalue weighted by molar-refractivity contribution is 6.04. The quantitative estimate of drug-likeness (QED) is 0.589. The zero-order valence-corrected chi connectivity index (χ0v) is 16.5. The summed E-state index contributed by atoms with van der Waals surface area (Å²) in [5.41, 5.74) is 2.06. The van der Waals surface area contributed by atoms with Crippen LogP contribution in [0.4, 0.5) is 10.1 Å². The van der Waals surface area contributed by atoms with E-state index in [0.717, 1.165) is 5.56 Å². The number of hydrogen-bond acceptors (Lipinski definition) is 4. The van der Waals surface area contributed by atoms with Crippen molar-refractivity contribution >= 4 is 17.5 Å². The lowest BCUT2D eigenvalue weighted by Crippen LogP contribution is -2.27. The first-order valence-electron chi connectivity index (χ1n) is 9.51. The van der Waals surface area contributed by atoms with Crippen LogP contribution in [0.25, 0.3) is 0 Å². The predicted molar refractivity (Wildman–Crippen MR) is 112 cm³/mol. The Morgan fingerprint density at radius 2 is 1.73 bits per heavy atom. The molecule has 154 valence electrons. The Hall–Kier alpha value is -3.74. The molecular formula is C23H22FN3O3. The number of amides is 2. The Morgan fingerprint density at radius 3 is 2.43 bits per heavy atom. The number of benzene rings is 2. The van der Waals surface area contributed by atoms with E-state index in [4.69, 9.17) is 4.74 Å². The average Bonchev–Trinajstić information content (AvgIpc) is 2.76. The number of nitrogens with zero attached hydrogens (tertiary/aromatic N) is 1. The first-order chi connectivity index (χ1) is 14.5. The maximum atomic E-state index is 13.5. The van der Waals surface area contributed by atoms with Crippen LogP contribution in [-0.4, -0.2) is 23.4 Å². The molecule has 0 saturated heterocycles. The molecule has 0 saturated carbocycles. The zero-order valence-electron chi connectivity index (χ0n) is 16.5. The second kappa shape index (κ2) is 10.2. The van der Waals surface area contributed by atoms with E-state index >= 15 is 0 Å². The van der Waals surface area contributed by atoms with Gasteiger partial charge in [0.05, 0.1) is 19.1 Å². The molecule has 1 atom stereocenters. The average molecular weight is 407 g/mol. The van der Waals surface area contributed by atoms with Crippen molar-refractivity contribution in [1.29, 1.82) is 0 Å². The Bertz CT molecular complexity index is 994. The molecule has 2 aromatic carbocycles. The molecule has 1 heterocycles. The van der Waals surface area contributed by atoms with Gasteiger partial charge in [-0.1, -0.05) is 24.3 Å². The number of halogens is 1. The summed E-state index contributed by atoms with van der Waals surface area (Å²) >= 11 is 0. The lowest BCUT2D eigenvalue weighted by Gasteiger charge is -2.15. The van der Waals surface area contributed by atoms with Crippen molar-refractivity contribution < 1.29 is 18.7 Å². The second-order valence-corrected chi connectivity index (χ2v) is 6.63. The van der Waals surface area contributed by atoms with Gasteiger partial charge in [-0.2, -0.15) is 0 Å². The largest absolute Gasteiger partial charge is 0.490 e. The molecule has 0 bridgehead atoms. The fraction of sp³-hybridized carbons (Fsp3) is 0.174. The van der Waals surface area contributed by atoms with E-state index in [1.807, 2.05) is 19.1 Å². The fourth-order valence-electron chi connectivity index (χ4n) is 2.77. The number of para-hydroxylation sites is 1. The normalized spacial score (nSPS) is 11.4. The molecule has 2 N–H and O–H groups in total. The van der Waals surface area contributed by atoms with Gasteiger partial charge in [0.15, 0.2) is 11.6 Å². The van der Waals surface area contributed by atoms with E-state index in [0.29, 0.717) is 11.3 Å². The van der Waals surface area contributed by atoms with Crippen LogP contribution in [0.5, 0.6) is 5.75 Å². The van der Waals surface area contributed by atoms with Crippen molar-refractivity contribution in [2.24, 2.45) is 0 Å². The SMILES string of the molecule is CC(NC(=O)CCOc1ccccc1F)c1ccc(NC(=O)c2ccncc2)cc1. The summed E-state index contributed by atoms with van der Waals surface area (Å²) < 4.78 is 18.8. The van der Waals surface area contributed by atoms with Crippen molar-refractivity contribution in [3.05, 3.63) is 90.0 Å². The standard InChI is InChI=1S/C23H22FN3O3/c1-16(26-22(28)12-15-30-21-5-3-2-4-20(21)24)17-6-8-19(9-7-17)27-23(29)18-10-13-25-14-11-18/h2-11,13-14,16H,12,15H2,1H3,(H,26,28)(H,27,29). The van der Waals surface area contributed by atoms with Gasteiger partial charge in [-0.05, 0) is 48.9 Å². The number of ether oxygens (including phenoxy) is 1. The van der Waals surface area contributed by atoms with Crippen LogP contribution in [0.1, 0.15) is 35.3 Å². The molecular weight excluding hydrogens is 385 g/mol. The van der Waals surface area contributed by atoms with E-state index in [9.17, 15) is 14.0 Å². The van der Waals surface area contributed by atoms with Gasteiger partial charge in [-0.15, -0.1) is 0 Å². The Kier molecular flexibility index (Phi) is 7.10. The molecule has 0 aliphatic carbocycles. The molecule has 1 aromatic heterocycles. The van der Waals surface area contributed by atoms with Crippen LogP contribution in [0.15, 0.2) is 73.1 Å². The highest BCUT2D eigenvalue weighted by atomic mass is 19.1. The number of hydrogen-bond donors (Lipinski definition) is 2. The topological polar surface area (TPSA) is 80.3 Å². The molecule has 0 fully saturated rings. The smallest absolute Gasteiger partial charge is 0.255 e. The van der Waals surface area contributed by atoms with Gasteiger partial charge in [0.25, 0.3) is 5.91 Å². The van der Waals surface area contributed by atoms with Gasteiger partial charge < -0.3 is 15.4 Å². The molecule has 3 rings (SSSR count). The van der Waals surface area contributed by atoms with E-state index < -0.39 is 5.82 Å². The van der Waals surface area contributed by atoms with Crippen molar-refractivity contribution in [2.45, 2.75) is 19.4 Å². The Labute approximate surface area is 174 Å². The summed E-state index contributed by atoms with van der Waals surface area (Å²) in [7, 11) is 0. The number of carbonyl (C=O) groups is 2. The Balaban J connectivity index is 1.47. The van der Waals surface area contributed by atoms with Gasteiger partial charge in [0.1, 0.15) is 0 Å². The van der Waals surface area contributed by atoms with Crippen LogP contribution < -0.4 is 15.4 Å². The molecule has 2 amide bonds. The van der Waals surface area contributed by atoms with Gasteiger partial charge >= 0.3 is 0 Å². The minimum atomic E-state index is -0.456. The third kappa shape index (κ3) is 5.88. The lowest BCUT2D eigenvalue weighted by molar-refractivity contribution is -0.122. The van der Waals surface area contributed by atoms with E-state index in [1.165, 1.54) is 12.1 Å². The maximum Gasteiger partial charge on any atom is 0.255 e. The number of carbonyl (C=O) groups excluding carboxylic acids is 2. The summed E-state index contributed by atoms with van der Waals surface area (Å²) in [5, 5.41) is 5.69. The van der Waals surface area contributed by atoms with Crippen LogP contribution in [-0.2, 0) is 4.79 Å². The van der Waals surface area contributed by atoms with E-state index in [-0.39, 0.29) is 36.6 Å². The highest BCUT2D eigenvalue weighted by Gasteiger charge is 2.11. The van der Waals surface area contributed by atoms with Crippen molar-refractivity contribution in [3.8, 4) is 5.75 Å². The lowest BCUT2D eigenvalue weighted by atomic mass is 10.1. The molecule has 0 aliphatic rings. The van der Waals surface area contributed by atoms with E-state index in [1.54, 1.807) is 48.8 Å². The molecule has 1 unspecified atom stereocenters. The van der Waals surface area contributed by atoms with Gasteiger partial charge in [0.2, 0.25) is 5.91 Å². The van der Waals surface area contributed by atoms with Gasteiger partial charge in [-0.3, -0.25) is 14.6 Å². The molecule has 0 aliphatic heterocycles. The number of pyridine rings is 1. The van der Waals surface area contributed by atoms with Crippen molar-refractivity contribution in [3.63, 3.8) is 0 Å². The predicted octanol–water partition coefficient (Wildman–Crippen LogP) is 4.12. The number of rotatable bonds is 8. The number of aromatic nitrogens is 1. The van der Waals surface area contributed by atoms with E-state index in [2.05, 4.69) is 15.6 Å². The van der Waals surface area contributed by atoms with Gasteiger partial charge in [0, 0.05) is 23.6 Å². The molecule has 0 radical (unpaired) electrons. The van der Waals surface area contributed by atoms with Gasteiger partial charge in [-0.25, -0.2) is 4.39 Å². The first kappa shape index (κ1) is 21.0. The monoisotopic (exact) mass is 407 g/mol. The molecule has 30 heavy (non-hydrogen) atoms. The second-order valence-electron chi connectivity index (χ2n) is 6.63. The minimum Gasteiger partial charge on any atom is -0.490 e. The Morgan fingerprint density at radius 1 is 1.03 bits per heavy atom. The summed E-state index contributed by atoms with van der Waals surface area (Å²) in [6.07, 6.45) is 3.23. The molecule has 6 nitrogen and oxygen atoms in total. The summed E-state index contributed by atoms with van der Waals surface area (Å²) in [5.74, 6) is -0.750. The van der Waals surface area contributed by atoms with Crippen molar-refractivity contribution in [2.75, 3.05) is 11.9 Å². The maximum absolute atomic E-state index is 13.5. The third-order valence-electron chi connectivity index (χ3n) is 4.41. The van der Waals surface area contributed by atoms with Crippen LogP contribution in [0.2, 0.25) is 0 Å². The highest BCUT2D eigenvalue weighted by Crippen LogP contribution is 2.18. The van der Waals surface area contributed by atoms with Crippen LogP contribution in [0.3, 0.4) is 0 Å². The molecule has 0 spiro atoms. The van der Waals surface area contributed by atoms with Crippen LogP contribution in [0, 0.1) is 5.82 Å². The third-order valence-corrected chi connectivity index (χ3v) is 4.41. The summed E-state index contributed by atoms with van der Waals surface area (Å²) in [4.78, 5) is 28.2. The summed E-state index contributed by atoms with van der Waals surface area (Å²) in [6, 6.07) is 16.3.